The monoisotopic (exact) mass is 380 g/mol. The topological polar surface area (TPSA) is 66.0 Å². The van der Waals surface area contributed by atoms with Gasteiger partial charge in [-0.15, -0.1) is 11.3 Å². The standard InChI is InChI=1S/C19H32N4O2S/c1-3-20-19(21-12-6-4-5-9-18(24)25-2)22-16-10-13-23(14-11-16)17-8-7-15-26-17/h7-8,15-16H,3-6,9-14H2,1-2H3,(H2,20,21,22). The van der Waals surface area contributed by atoms with Gasteiger partial charge in [-0.2, -0.15) is 0 Å². The lowest BCUT2D eigenvalue weighted by atomic mass is 10.1. The van der Waals surface area contributed by atoms with Gasteiger partial charge < -0.3 is 20.3 Å². The van der Waals surface area contributed by atoms with Gasteiger partial charge in [-0.25, -0.2) is 0 Å². The first-order chi connectivity index (χ1) is 12.7. The second kappa shape index (κ2) is 11.8. The second-order valence-electron chi connectivity index (χ2n) is 6.50. The van der Waals surface area contributed by atoms with Gasteiger partial charge in [0.25, 0.3) is 0 Å². The number of unbranched alkanes of at least 4 members (excludes halogenated alkanes) is 2. The van der Waals surface area contributed by atoms with Gasteiger partial charge in [0.1, 0.15) is 0 Å². The van der Waals surface area contributed by atoms with Crippen LogP contribution < -0.4 is 15.5 Å². The highest BCUT2D eigenvalue weighted by molar-refractivity contribution is 7.14. The molecular formula is C19H32N4O2S. The fraction of sp³-hybridized carbons (Fsp3) is 0.684. The van der Waals surface area contributed by atoms with E-state index in [1.807, 2.05) is 11.3 Å². The van der Waals surface area contributed by atoms with Crippen molar-refractivity contribution in [2.24, 2.45) is 4.99 Å². The number of nitrogens with one attached hydrogen (secondary N) is 2. The largest absolute Gasteiger partial charge is 0.469 e. The SMILES string of the molecule is CCNC(=NCCCCCC(=O)OC)NC1CCN(c2cccs2)CC1. The normalized spacial score (nSPS) is 15.8. The van der Waals surface area contributed by atoms with Gasteiger partial charge in [0.15, 0.2) is 5.96 Å². The number of anilines is 1. The van der Waals surface area contributed by atoms with E-state index >= 15 is 0 Å². The van der Waals surface area contributed by atoms with E-state index in [2.05, 4.69) is 49.7 Å². The molecule has 1 aliphatic rings. The Morgan fingerprint density at radius 2 is 2.15 bits per heavy atom. The molecule has 2 rings (SSSR count). The summed E-state index contributed by atoms with van der Waals surface area (Å²) in [6.45, 7) is 5.91. The average Bonchev–Trinajstić information content (AvgIpc) is 3.19. The number of piperidine rings is 1. The van der Waals surface area contributed by atoms with Gasteiger partial charge in [0.2, 0.25) is 0 Å². The van der Waals surface area contributed by atoms with Crippen LogP contribution in [-0.2, 0) is 9.53 Å². The second-order valence-corrected chi connectivity index (χ2v) is 7.43. The number of ether oxygens (including phenoxy) is 1. The number of guanidine groups is 1. The number of aliphatic imine (C=N–C) groups is 1. The Morgan fingerprint density at radius 1 is 1.35 bits per heavy atom. The van der Waals surface area contributed by atoms with E-state index in [-0.39, 0.29) is 5.97 Å². The Bertz CT molecular complexity index is 540. The molecule has 1 aromatic rings. The number of carbonyl (C=O) groups is 1. The smallest absolute Gasteiger partial charge is 0.305 e. The predicted octanol–water partition coefficient (Wildman–Crippen LogP) is 3.01. The van der Waals surface area contributed by atoms with Crippen molar-refractivity contribution in [1.82, 2.24) is 10.6 Å². The van der Waals surface area contributed by atoms with Crippen molar-refractivity contribution in [3.05, 3.63) is 17.5 Å². The number of nitrogens with zero attached hydrogens (tertiary/aromatic N) is 2. The van der Waals surface area contributed by atoms with Crippen LogP contribution in [0, 0.1) is 0 Å². The zero-order chi connectivity index (χ0) is 18.6. The van der Waals surface area contributed by atoms with E-state index in [9.17, 15) is 4.79 Å². The Labute approximate surface area is 161 Å². The van der Waals surface area contributed by atoms with Crippen LogP contribution >= 0.6 is 11.3 Å². The summed E-state index contributed by atoms with van der Waals surface area (Å²) in [5.41, 5.74) is 0. The maximum atomic E-state index is 11.1. The van der Waals surface area contributed by atoms with Gasteiger partial charge in [-0.05, 0) is 50.1 Å². The summed E-state index contributed by atoms with van der Waals surface area (Å²) in [6, 6.07) is 4.79. The quantitative estimate of drug-likeness (QED) is 0.298. The van der Waals surface area contributed by atoms with E-state index < -0.39 is 0 Å². The predicted molar refractivity (Wildman–Crippen MR) is 109 cm³/mol. The summed E-state index contributed by atoms with van der Waals surface area (Å²) in [5.74, 6) is 0.785. The minimum atomic E-state index is -0.127. The third-order valence-corrected chi connectivity index (χ3v) is 5.46. The summed E-state index contributed by atoms with van der Waals surface area (Å²) < 4.78 is 4.65. The molecule has 2 heterocycles. The lowest BCUT2D eigenvalue weighted by Crippen LogP contribution is -2.48. The van der Waals surface area contributed by atoms with E-state index in [4.69, 9.17) is 0 Å². The molecule has 0 amide bonds. The van der Waals surface area contributed by atoms with Crippen LogP contribution in [-0.4, -0.2) is 51.3 Å². The molecule has 146 valence electrons. The Kier molecular flexibility index (Phi) is 9.31. The van der Waals surface area contributed by atoms with Gasteiger partial charge >= 0.3 is 5.97 Å². The summed E-state index contributed by atoms with van der Waals surface area (Å²) >= 11 is 1.81. The fourth-order valence-electron chi connectivity index (χ4n) is 3.06. The number of carbonyl (C=O) groups excluding carboxylic acids is 1. The van der Waals surface area contributed by atoms with Gasteiger partial charge in [0, 0.05) is 38.6 Å². The number of esters is 1. The molecule has 1 aromatic heterocycles. The minimum absolute atomic E-state index is 0.127. The molecule has 1 aliphatic heterocycles. The highest BCUT2D eigenvalue weighted by Gasteiger charge is 2.20. The maximum absolute atomic E-state index is 11.1. The fourth-order valence-corrected chi connectivity index (χ4v) is 3.84. The van der Waals surface area contributed by atoms with E-state index in [1.165, 1.54) is 12.1 Å². The molecule has 0 radical (unpaired) electrons. The van der Waals surface area contributed by atoms with Crippen molar-refractivity contribution in [2.45, 2.75) is 51.5 Å². The number of methoxy groups -OCH3 is 1. The molecule has 6 nitrogen and oxygen atoms in total. The van der Waals surface area contributed by atoms with Crippen LogP contribution in [0.3, 0.4) is 0 Å². The molecule has 0 saturated carbocycles. The first kappa shape index (κ1) is 20.6. The van der Waals surface area contributed by atoms with E-state index in [0.717, 1.165) is 64.2 Å². The van der Waals surface area contributed by atoms with Crippen LogP contribution in [0.25, 0.3) is 0 Å². The Morgan fingerprint density at radius 3 is 2.81 bits per heavy atom. The van der Waals surface area contributed by atoms with Gasteiger partial charge in [-0.1, -0.05) is 6.42 Å². The first-order valence-corrected chi connectivity index (χ1v) is 10.5. The minimum Gasteiger partial charge on any atom is -0.469 e. The maximum Gasteiger partial charge on any atom is 0.305 e. The van der Waals surface area contributed by atoms with Gasteiger partial charge in [0.05, 0.1) is 12.1 Å². The van der Waals surface area contributed by atoms with E-state index in [1.54, 1.807) is 0 Å². The van der Waals surface area contributed by atoms with Crippen molar-refractivity contribution < 1.29 is 9.53 Å². The zero-order valence-electron chi connectivity index (χ0n) is 16.0. The number of thiophene rings is 1. The van der Waals surface area contributed by atoms with Crippen LogP contribution in [0.2, 0.25) is 0 Å². The lowest BCUT2D eigenvalue weighted by Gasteiger charge is -2.33. The Balaban J connectivity index is 1.67. The van der Waals surface area contributed by atoms with Crippen LogP contribution in [0.4, 0.5) is 5.00 Å². The molecule has 0 aromatic carbocycles. The molecule has 0 spiro atoms. The van der Waals surface area contributed by atoms with E-state index in [0.29, 0.717) is 12.5 Å². The molecular weight excluding hydrogens is 348 g/mol. The summed E-state index contributed by atoms with van der Waals surface area (Å²) in [6.07, 6.45) is 5.61. The zero-order valence-corrected chi connectivity index (χ0v) is 16.8. The van der Waals surface area contributed by atoms with Gasteiger partial charge in [-0.3, -0.25) is 9.79 Å². The molecule has 0 unspecified atom stereocenters. The highest BCUT2D eigenvalue weighted by atomic mass is 32.1. The molecule has 1 saturated heterocycles. The van der Waals surface area contributed by atoms with Crippen molar-refractivity contribution in [2.75, 3.05) is 38.2 Å². The van der Waals surface area contributed by atoms with Crippen molar-refractivity contribution in [3.8, 4) is 0 Å². The van der Waals surface area contributed by atoms with Crippen molar-refractivity contribution >= 4 is 28.3 Å². The summed E-state index contributed by atoms with van der Waals surface area (Å²) in [5, 5.41) is 10.4. The number of hydrogen-bond donors (Lipinski definition) is 2. The molecule has 2 N–H and O–H groups in total. The third kappa shape index (κ3) is 7.23. The number of rotatable bonds is 9. The average molecular weight is 381 g/mol. The van der Waals surface area contributed by atoms with Crippen LogP contribution in [0.5, 0.6) is 0 Å². The summed E-state index contributed by atoms with van der Waals surface area (Å²) in [4.78, 5) is 18.2. The molecule has 0 aliphatic carbocycles. The van der Waals surface area contributed by atoms with Crippen molar-refractivity contribution in [1.29, 1.82) is 0 Å². The lowest BCUT2D eigenvalue weighted by molar-refractivity contribution is -0.140. The number of hydrogen-bond acceptors (Lipinski definition) is 5. The van der Waals surface area contributed by atoms with Crippen molar-refractivity contribution in [3.63, 3.8) is 0 Å². The molecule has 1 fully saturated rings. The Hall–Kier alpha value is -1.76. The first-order valence-electron chi connectivity index (χ1n) is 9.63. The molecule has 7 heteroatoms. The molecule has 0 atom stereocenters. The third-order valence-electron chi connectivity index (χ3n) is 4.53. The summed E-state index contributed by atoms with van der Waals surface area (Å²) in [7, 11) is 1.44. The van der Waals surface area contributed by atoms with Crippen LogP contribution in [0.1, 0.15) is 45.4 Å². The highest BCUT2D eigenvalue weighted by Crippen LogP contribution is 2.24. The molecule has 26 heavy (non-hydrogen) atoms. The molecule has 0 bridgehead atoms. The van der Waals surface area contributed by atoms with Crippen LogP contribution in [0.15, 0.2) is 22.5 Å².